The maximum Gasteiger partial charge on any atom is 0.270 e. The summed E-state index contributed by atoms with van der Waals surface area (Å²) < 4.78 is 26.5. The van der Waals surface area contributed by atoms with Crippen LogP contribution in [0.15, 0.2) is 4.34 Å². The molecule has 8 nitrogen and oxygen atoms in total. The topological polar surface area (TPSA) is 127 Å². The summed E-state index contributed by atoms with van der Waals surface area (Å²) in [5, 5.41) is 9.70. The molecule has 1 heterocycles. The Morgan fingerprint density at radius 2 is 2.05 bits per heavy atom. The number of anilines is 1. The quantitative estimate of drug-likeness (QED) is 0.613. The zero-order chi connectivity index (χ0) is 15.3. The Labute approximate surface area is 122 Å². The van der Waals surface area contributed by atoms with Gasteiger partial charge in [-0.05, 0) is 12.3 Å². The van der Waals surface area contributed by atoms with Gasteiger partial charge >= 0.3 is 0 Å². The maximum atomic E-state index is 12.1. The second-order valence-corrected chi connectivity index (χ2v) is 7.60. The minimum Gasteiger partial charge on any atom is -0.329 e. The standard InChI is InChI=1S/C10H19N5O3S2/c1-6(2)4-8(5-11)15-20(17,18)10-14-13-9(19-10)12-7(3)16/h6,8,15H,4-5,11H2,1-3H3,(H,12,13,16). The molecule has 1 aromatic rings. The Kier molecular flexibility index (Phi) is 5.99. The number of nitrogens with zero attached hydrogens (tertiary/aromatic N) is 2. The molecule has 0 radical (unpaired) electrons. The molecule has 0 saturated heterocycles. The summed E-state index contributed by atoms with van der Waals surface area (Å²) in [4.78, 5) is 10.9. The second kappa shape index (κ2) is 7.07. The molecule has 20 heavy (non-hydrogen) atoms. The Balaban J connectivity index is 2.82. The number of nitrogens with two attached hydrogens (primary N) is 1. The molecule has 0 fully saturated rings. The van der Waals surface area contributed by atoms with Crippen molar-refractivity contribution in [2.45, 2.75) is 37.6 Å². The molecule has 0 saturated carbocycles. The fourth-order valence-corrected chi connectivity index (χ4v) is 3.77. The van der Waals surface area contributed by atoms with Crippen LogP contribution in [0.4, 0.5) is 5.13 Å². The predicted octanol–water partition coefficient (Wildman–Crippen LogP) is 0.148. The second-order valence-electron chi connectivity index (χ2n) is 4.74. The lowest BCUT2D eigenvalue weighted by Gasteiger charge is -2.17. The van der Waals surface area contributed by atoms with Crippen molar-refractivity contribution in [1.29, 1.82) is 0 Å². The van der Waals surface area contributed by atoms with Gasteiger partial charge in [-0.25, -0.2) is 13.1 Å². The molecule has 1 rings (SSSR count). The van der Waals surface area contributed by atoms with Gasteiger partial charge in [0.2, 0.25) is 15.4 Å². The molecule has 1 aromatic heterocycles. The van der Waals surface area contributed by atoms with Crippen LogP contribution in [-0.4, -0.2) is 37.1 Å². The minimum absolute atomic E-state index is 0.144. The predicted molar refractivity (Wildman–Crippen MR) is 76.8 cm³/mol. The van der Waals surface area contributed by atoms with Crippen LogP contribution in [0.2, 0.25) is 0 Å². The lowest BCUT2D eigenvalue weighted by Crippen LogP contribution is -2.40. The van der Waals surface area contributed by atoms with Crippen molar-refractivity contribution in [1.82, 2.24) is 14.9 Å². The molecule has 114 valence electrons. The van der Waals surface area contributed by atoms with Crippen molar-refractivity contribution in [3.8, 4) is 0 Å². The fraction of sp³-hybridized carbons (Fsp3) is 0.700. The van der Waals surface area contributed by atoms with Crippen LogP contribution < -0.4 is 15.8 Å². The lowest BCUT2D eigenvalue weighted by atomic mass is 10.1. The number of nitrogens with one attached hydrogen (secondary N) is 2. The third-order valence-electron chi connectivity index (χ3n) is 2.28. The van der Waals surface area contributed by atoms with E-state index in [9.17, 15) is 13.2 Å². The van der Waals surface area contributed by atoms with Gasteiger partial charge in [-0.2, -0.15) is 0 Å². The van der Waals surface area contributed by atoms with Crippen molar-refractivity contribution in [3.05, 3.63) is 0 Å². The number of hydrogen-bond acceptors (Lipinski definition) is 7. The van der Waals surface area contributed by atoms with Gasteiger partial charge in [-0.15, -0.1) is 10.2 Å². The Hall–Kier alpha value is -1.10. The summed E-state index contributed by atoms with van der Waals surface area (Å²) in [6, 6.07) is -0.354. The first-order valence-corrected chi connectivity index (χ1v) is 8.38. The number of amides is 1. The summed E-state index contributed by atoms with van der Waals surface area (Å²) >= 11 is 0.794. The molecule has 0 aliphatic heterocycles. The number of aromatic nitrogens is 2. The smallest absolute Gasteiger partial charge is 0.270 e. The molecule has 1 amide bonds. The highest BCUT2D eigenvalue weighted by atomic mass is 32.2. The van der Waals surface area contributed by atoms with Crippen LogP contribution in [0.3, 0.4) is 0 Å². The Bertz CT molecular complexity index is 555. The number of carbonyl (C=O) groups excluding carboxylic acids is 1. The van der Waals surface area contributed by atoms with Gasteiger partial charge in [-0.1, -0.05) is 25.2 Å². The van der Waals surface area contributed by atoms with Crippen molar-refractivity contribution in [3.63, 3.8) is 0 Å². The maximum absolute atomic E-state index is 12.1. The molecule has 1 atom stereocenters. The first-order chi connectivity index (χ1) is 9.24. The van der Waals surface area contributed by atoms with Crippen LogP contribution >= 0.6 is 11.3 Å². The van der Waals surface area contributed by atoms with Gasteiger partial charge in [0.1, 0.15) is 0 Å². The van der Waals surface area contributed by atoms with E-state index in [4.69, 9.17) is 5.73 Å². The van der Waals surface area contributed by atoms with Crippen LogP contribution in [0.5, 0.6) is 0 Å². The van der Waals surface area contributed by atoms with Crippen molar-refractivity contribution in [2.24, 2.45) is 11.7 Å². The average Bonchev–Trinajstić information content (AvgIpc) is 2.75. The van der Waals surface area contributed by atoms with E-state index in [1.807, 2.05) is 13.8 Å². The van der Waals surface area contributed by atoms with E-state index >= 15 is 0 Å². The molecule has 0 aliphatic carbocycles. The van der Waals surface area contributed by atoms with Crippen LogP contribution in [0.1, 0.15) is 27.2 Å². The number of hydrogen-bond donors (Lipinski definition) is 3. The van der Waals surface area contributed by atoms with Crippen molar-refractivity contribution >= 4 is 32.4 Å². The highest BCUT2D eigenvalue weighted by molar-refractivity contribution is 7.91. The monoisotopic (exact) mass is 321 g/mol. The van der Waals surface area contributed by atoms with Crippen LogP contribution in [0.25, 0.3) is 0 Å². The van der Waals surface area contributed by atoms with E-state index in [-0.39, 0.29) is 28.0 Å². The van der Waals surface area contributed by atoms with E-state index in [0.717, 1.165) is 11.3 Å². The van der Waals surface area contributed by atoms with Gasteiger partial charge in [0.15, 0.2) is 0 Å². The molecule has 0 spiro atoms. The van der Waals surface area contributed by atoms with Gasteiger partial charge in [-0.3, -0.25) is 4.79 Å². The Morgan fingerprint density at radius 3 is 2.55 bits per heavy atom. The van der Waals surface area contributed by atoms with Gasteiger partial charge in [0, 0.05) is 19.5 Å². The normalized spacial score (nSPS) is 13.4. The molecular weight excluding hydrogens is 302 g/mol. The zero-order valence-electron chi connectivity index (χ0n) is 11.6. The molecule has 1 unspecified atom stereocenters. The van der Waals surface area contributed by atoms with Crippen LogP contribution in [-0.2, 0) is 14.8 Å². The minimum atomic E-state index is -3.77. The summed E-state index contributed by atoms with van der Waals surface area (Å²) in [6.07, 6.45) is 0.632. The summed E-state index contributed by atoms with van der Waals surface area (Å²) in [5.41, 5.74) is 5.56. The summed E-state index contributed by atoms with van der Waals surface area (Å²) in [6.45, 7) is 5.48. The van der Waals surface area contributed by atoms with E-state index < -0.39 is 10.0 Å². The fourth-order valence-electron chi connectivity index (χ4n) is 1.55. The number of sulfonamides is 1. The molecule has 10 heteroatoms. The third kappa shape index (κ3) is 5.12. The van der Waals surface area contributed by atoms with Gasteiger partial charge < -0.3 is 11.1 Å². The highest BCUT2D eigenvalue weighted by Crippen LogP contribution is 2.20. The van der Waals surface area contributed by atoms with Crippen molar-refractivity contribution < 1.29 is 13.2 Å². The zero-order valence-corrected chi connectivity index (χ0v) is 13.2. The molecule has 0 aromatic carbocycles. The molecule has 4 N–H and O–H groups in total. The molecule has 0 bridgehead atoms. The molecule has 0 aliphatic rings. The van der Waals surface area contributed by atoms with Gasteiger partial charge in [0.05, 0.1) is 0 Å². The first kappa shape index (κ1) is 17.0. The highest BCUT2D eigenvalue weighted by Gasteiger charge is 2.24. The van der Waals surface area contributed by atoms with E-state index in [0.29, 0.717) is 12.3 Å². The largest absolute Gasteiger partial charge is 0.329 e. The number of rotatable bonds is 7. The van der Waals surface area contributed by atoms with Gasteiger partial charge in [0.25, 0.3) is 10.0 Å². The lowest BCUT2D eigenvalue weighted by molar-refractivity contribution is -0.114. The SMILES string of the molecule is CC(=O)Nc1nnc(S(=O)(=O)NC(CN)CC(C)C)s1. The first-order valence-electron chi connectivity index (χ1n) is 6.08. The third-order valence-corrected chi connectivity index (χ3v) is 5.01. The Morgan fingerprint density at radius 1 is 1.40 bits per heavy atom. The van der Waals surface area contributed by atoms with E-state index in [2.05, 4.69) is 20.2 Å². The van der Waals surface area contributed by atoms with E-state index in [1.54, 1.807) is 0 Å². The molecular formula is C10H19N5O3S2. The number of carbonyl (C=O) groups is 1. The summed E-state index contributed by atoms with van der Waals surface area (Å²) in [5.74, 6) is -0.0201. The van der Waals surface area contributed by atoms with Crippen molar-refractivity contribution in [2.75, 3.05) is 11.9 Å². The average molecular weight is 321 g/mol. The van der Waals surface area contributed by atoms with E-state index in [1.165, 1.54) is 6.92 Å². The van der Waals surface area contributed by atoms with Crippen LogP contribution in [0, 0.1) is 5.92 Å². The summed E-state index contributed by atoms with van der Waals surface area (Å²) in [7, 11) is -3.77.